The van der Waals surface area contributed by atoms with Crippen molar-refractivity contribution in [1.29, 1.82) is 0 Å². The second-order valence-electron chi connectivity index (χ2n) is 3.61. The summed E-state index contributed by atoms with van der Waals surface area (Å²) in [7, 11) is -3.88. The third kappa shape index (κ3) is 4.92. The SMILES string of the molecule is O=S(=O)(NCCCC(F)(F)F)c1cccc(O)c1. The fourth-order valence-corrected chi connectivity index (χ4v) is 2.34. The van der Waals surface area contributed by atoms with Gasteiger partial charge in [0.25, 0.3) is 0 Å². The lowest BCUT2D eigenvalue weighted by Gasteiger charge is -2.08. The lowest BCUT2D eigenvalue weighted by Crippen LogP contribution is -2.25. The van der Waals surface area contributed by atoms with Gasteiger partial charge in [0.1, 0.15) is 5.75 Å². The molecule has 0 atom stereocenters. The average Bonchev–Trinajstić information content (AvgIpc) is 2.23. The Morgan fingerprint density at radius 3 is 2.50 bits per heavy atom. The van der Waals surface area contributed by atoms with Crippen molar-refractivity contribution in [2.75, 3.05) is 6.54 Å². The van der Waals surface area contributed by atoms with E-state index in [1.54, 1.807) is 0 Å². The van der Waals surface area contributed by atoms with Crippen LogP contribution < -0.4 is 4.72 Å². The van der Waals surface area contributed by atoms with Crippen LogP contribution in [0.2, 0.25) is 0 Å². The Kier molecular flexibility index (Phi) is 4.58. The highest BCUT2D eigenvalue weighted by molar-refractivity contribution is 7.89. The maximum Gasteiger partial charge on any atom is 0.389 e. The maximum atomic E-state index is 11.8. The molecule has 1 rings (SSSR count). The van der Waals surface area contributed by atoms with Crippen molar-refractivity contribution < 1.29 is 26.7 Å². The molecule has 0 aliphatic rings. The van der Waals surface area contributed by atoms with Crippen molar-refractivity contribution in [3.63, 3.8) is 0 Å². The van der Waals surface area contributed by atoms with Gasteiger partial charge in [0.2, 0.25) is 10.0 Å². The number of benzene rings is 1. The smallest absolute Gasteiger partial charge is 0.389 e. The van der Waals surface area contributed by atoms with Crippen LogP contribution in [0.15, 0.2) is 29.2 Å². The van der Waals surface area contributed by atoms with E-state index in [2.05, 4.69) is 0 Å². The van der Waals surface area contributed by atoms with Gasteiger partial charge in [0.15, 0.2) is 0 Å². The molecule has 0 amide bonds. The summed E-state index contributed by atoms with van der Waals surface area (Å²) in [5.41, 5.74) is 0. The minimum absolute atomic E-state index is 0.186. The van der Waals surface area contributed by atoms with Gasteiger partial charge in [0, 0.05) is 13.0 Å². The second-order valence-corrected chi connectivity index (χ2v) is 5.38. The average molecular weight is 283 g/mol. The van der Waals surface area contributed by atoms with E-state index in [1.165, 1.54) is 18.2 Å². The first-order chi connectivity index (χ1) is 8.21. The van der Waals surface area contributed by atoms with Gasteiger partial charge in [-0.1, -0.05) is 6.07 Å². The van der Waals surface area contributed by atoms with Gasteiger partial charge >= 0.3 is 6.18 Å². The molecule has 18 heavy (non-hydrogen) atoms. The molecular formula is C10H12F3NO3S. The van der Waals surface area contributed by atoms with Crippen molar-refractivity contribution in [3.8, 4) is 5.75 Å². The molecule has 0 radical (unpaired) electrons. The fourth-order valence-electron chi connectivity index (χ4n) is 1.23. The Balaban J connectivity index is 2.56. The summed E-state index contributed by atoms with van der Waals surface area (Å²) in [6.45, 7) is -0.308. The molecule has 8 heteroatoms. The van der Waals surface area contributed by atoms with Crippen LogP contribution in [0.25, 0.3) is 0 Å². The monoisotopic (exact) mass is 283 g/mol. The van der Waals surface area contributed by atoms with E-state index in [0.717, 1.165) is 6.07 Å². The number of halogens is 3. The number of rotatable bonds is 5. The summed E-state index contributed by atoms with van der Waals surface area (Å²) < 4.78 is 60.8. The number of phenolic OH excluding ortho intramolecular Hbond substituents is 1. The maximum absolute atomic E-state index is 11.8. The number of aromatic hydroxyl groups is 1. The molecule has 0 unspecified atom stereocenters. The highest BCUT2D eigenvalue weighted by Crippen LogP contribution is 2.21. The fraction of sp³-hybridized carbons (Fsp3) is 0.400. The Morgan fingerprint density at radius 1 is 1.28 bits per heavy atom. The first kappa shape index (κ1) is 14.8. The predicted octanol–water partition coefficient (Wildman–Crippen LogP) is 2.01. The summed E-state index contributed by atoms with van der Waals surface area (Å²) in [5.74, 6) is -0.229. The largest absolute Gasteiger partial charge is 0.508 e. The summed E-state index contributed by atoms with van der Waals surface area (Å²) in [6, 6.07) is 4.89. The number of sulfonamides is 1. The Hall–Kier alpha value is -1.28. The molecule has 0 bridgehead atoms. The van der Waals surface area contributed by atoms with Gasteiger partial charge in [-0.25, -0.2) is 13.1 Å². The Labute approximate surface area is 102 Å². The topological polar surface area (TPSA) is 66.4 Å². The van der Waals surface area contributed by atoms with Crippen molar-refractivity contribution in [2.45, 2.75) is 23.9 Å². The van der Waals surface area contributed by atoms with Crippen LogP contribution in [0.1, 0.15) is 12.8 Å². The highest BCUT2D eigenvalue weighted by Gasteiger charge is 2.26. The van der Waals surface area contributed by atoms with E-state index in [4.69, 9.17) is 5.11 Å². The Bertz CT molecular complexity index is 499. The standard InChI is InChI=1S/C10H12F3NO3S/c11-10(12,13)5-2-6-14-18(16,17)9-4-1-3-8(15)7-9/h1,3-4,7,14-15H,2,5-6H2. The molecule has 4 nitrogen and oxygen atoms in total. The third-order valence-corrected chi connectivity index (χ3v) is 3.52. The van der Waals surface area contributed by atoms with Gasteiger partial charge < -0.3 is 5.11 Å². The van der Waals surface area contributed by atoms with Crippen molar-refractivity contribution >= 4 is 10.0 Å². The molecule has 0 aliphatic heterocycles. The Morgan fingerprint density at radius 2 is 1.94 bits per heavy atom. The van der Waals surface area contributed by atoms with Crippen LogP contribution >= 0.6 is 0 Å². The molecule has 2 N–H and O–H groups in total. The van der Waals surface area contributed by atoms with Crippen LogP contribution in [0.3, 0.4) is 0 Å². The molecule has 0 heterocycles. The second kappa shape index (κ2) is 5.57. The summed E-state index contributed by atoms with van der Waals surface area (Å²) in [4.78, 5) is -0.186. The summed E-state index contributed by atoms with van der Waals surface area (Å²) in [6.07, 6.45) is -5.67. The van der Waals surface area contributed by atoms with Crippen LogP contribution in [0, 0.1) is 0 Å². The molecule has 0 fully saturated rings. The third-order valence-electron chi connectivity index (χ3n) is 2.06. The summed E-state index contributed by atoms with van der Waals surface area (Å²) >= 11 is 0. The van der Waals surface area contributed by atoms with E-state index in [-0.39, 0.29) is 23.6 Å². The zero-order chi connectivity index (χ0) is 13.8. The molecule has 1 aromatic rings. The zero-order valence-corrected chi connectivity index (χ0v) is 10.1. The number of phenols is 1. The van der Waals surface area contributed by atoms with Crippen LogP contribution in [-0.2, 0) is 10.0 Å². The molecule has 0 saturated carbocycles. The lowest BCUT2D eigenvalue weighted by molar-refractivity contribution is -0.135. The van der Waals surface area contributed by atoms with Crippen molar-refractivity contribution in [3.05, 3.63) is 24.3 Å². The van der Waals surface area contributed by atoms with Gasteiger partial charge in [0.05, 0.1) is 4.90 Å². The van der Waals surface area contributed by atoms with E-state index in [0.29, 0.717) is 0 Å². The van der Waals surface area contributed by atoms with Gasteiger partial charge in [-0.15, -0.1) is 0 Å². The normalized spacial score (nSPS) is 12.6. The van der Waals surface area contributed by atoms with Crippen molar-refractivity contribution in [1.82, 2.24) is 4.72 Å². The first-order valence-corrected chi connectivity index (χ1v) is 6.54. The molecule has 0 aromatic heterocycles. The van der Waals surface area contributed by atoms with Gasteiger partial charge in [-0.2, -0.15) is 13.2 Å². The van der Waals surface area contributed by atoms with Crippen LogP contribution in [0.5, 0.6) is 5.75 Å². The molecule has 102 valence electrons. The van der Waals surface area contributed by atoms with Gasteiger partial charge in [-0.05, 0) is 24.6 Å². The number of hydrogen-bond donors (Lipinski definition) is 2. The molecule has 0 saturated heterocycles. The van der Waals surface area contributed by atoms with Crippen LogP contribution in [0.4, 0.5) is 13.2 Å². The summed E-state index contributed by atoms with van der Waals surface area (Å²) in [5, 5.41) is 9.11. The number of hydrogen-bond acceptors (Lipinski definition) is 3. The van der Waals surface area contributed by atoms with Crippen LogP contribution in [-0.4, -0.2) is 26.2 Å². The lowest BCUT2D eigenvalue weighted by atomic mass is 10.3. The first-order valence-electron chi connectivity index (χ1n) is 5.06. The number of nitrogens with one attached hydrogen (secondary N) is 1. The minimum atomic E-state index is -4.30. The predicted molar refractivity (Wildman–Crippen MR) is 58.6 cm³/mol. The minimum Gasteiger partial charge on any atom is -0.508 e. The van der Waals surface area contributed by atoms with E-state index < -0.39 is 22.6 Å². The highest BCUT2D eigenvalue weighted by atomic mass is 32.2. The van der Waals surface area contributed by atoms with E-state index >= 15 is 0 Å². The number of alkyl halides is 3. The van der Waals surface area contributed by atoms with Gasteiger partial charge in [-0.3, -0.25) is 0 Å². The quantitative estimate of drug-likeness (QED) is 0.812. The molecule has 0 spiro atoms. The van der Waals surface area contributed by atoms with E-state index in [1.807, 2.05) is 4.72 Å². The molecule has 1 aromatic carbocycles. The molecular weight excluding hydrogens is 271 g/mol. The molecule has 0 aliphatic carbocycles. The van der Waals surface area contributed by atoms with E-state index in [9.17, 15) is 21.6 Å². The zero-order valence-electron chi connectivity index (χ0n) is 9.24. The van der Waals surface area contributed by atoms with Crippen molar-refractivity contribution in [2.24, 2.45) is 0 Å².